The Morgan fingerprint density at radius 1 is 1.03 bits per heavy atom. The van der Waals surface area contributed by atoms with Crippen molar-refractivity contribution in [3.8, 4) is 0 Å². The summed E-state index contributed by atoms with van der Waals surface area (Å²) in [7, 11) is 0. The van der Waals surface area contributed by atoms with E-state index in [9.17, 15) is 9.18 Å². The minimum atomic E-state index is -0.276. The zero-order valence-electron chi connectivity index (χ0n) is 17.1. The fourth-order valence-corrected chi connectivity index (χ4v) is 3.62. The number of benzene rings is 2. The summed E-state index contributed by atoms with van der Waals surface area (Å²) < 4.78 is 15.4. The summed E-state index contributed by atoms with van der Waals surface area (Å²) in [5, 5.41) is 3.46. The van der Waals surface area contributed by atoms with Crippen LogP contribution in [0.2, 0.25) is 0 Å². The molecule has 1 N–H and O–H groups in total. The molecule has 0 amide bonds. The topological polar surface area (TPSA) is 46.4 Å². The SMILES string of the molecule is CCc1ccc([C@@H](NCc2cc(=O)n3cc(C)ccc3n2)c2cccc(F)c2)cc1. The number of aromatic nitrogens is 2. The van der Waals surface area contributed by atoms with Gasteiger partial charge in [0.25, 0.3) is 5.56 Å². The van der Waals surface area contributed by atoms with Crippen LogP contribution in [0.1, 0.15) is 40.9 Å². The van der Waals surface area contributed by atoms with Gasteiger partial charge in [-0.05, 0) is 53.8 Å². The molecule has 30 heavy (non-hydrogen) atoms. The predicted molar refractivity (Wildman–Crippen MR) is 117 cm³/mol. The number of hydrogen-bond acceptors (Lipinski definition) is 3. The average Bonchev–Trinajstić information content (AvgIpc) is 2.75. The smallest absolute Gasteiger partial charge is 0.258 e. The molecule has 0 aliphatic heterocycles. The monoisotopic (exact) mass is 401 g/mol. The van der Waals surface area contributed by atoms with Gasteiger partial charge in [-0.3, -0.25) is 9.20 Å². The molecule has 4 aromatic rings. The summed E-state index contributed by atoms with van der Waals surface area (Å²) in [4.78, 5) is 17.1. The van der Waals surface area contributed by atoms with E-state index in [2.05, 4.69) is 41.5 Å². The first-order valence-electron chi connectivity index (χ1n) is 10.1. The van der Waals surface area contributed by atoms with Gasteiger partial charge in [0.1, 0.15) is 11.5 Å². The van der Waals surface area contributed by atoms with Crippen molar-refractivity contribution < 1.29 is 4.39 Å². The lowest BCUT2D eigenvalue weighted by Crippen LogP contribution is -2.24. The van der Waals surface area contributed by atoms with Gasteiger partial charge in [0.05, 0.1) is 11.7 Å². The van der Waals surface area contributed by atoms with Crippen molar-refractivity contribution in [1.29, 1.82) is 0 Å². The number of pyridine rings is 1. The molecule has 2 aromatic carbocycles. The highest BCUT2D eigenvalue weighted by atomic mass is 19.1. The molecule has 0 saturated carbocycles. The first kappa shape index (κ1) is 20.0. The Morgan fingerprint density at radius 2 is 1.83 bits per heavy atom. The molecular formula is C25H24FN3O. The second-order valence-corrected chi connectivity index (χ2v) is 7.48. The van der Waals surface area contributed by atoms with E-state index < -0.39 is 0 Å². The van der Waals surface area contributed by atoms with Crippen LogP contribution in [-0.4, -0.2) is 9.38 Å². The molecule has 5 heteroatoms. The number of hydrogen-bond donors (Lipinski definition) is 1. The summed E-state index contributed by atoms with van der Waals surface area (Å²) in [6, 6.07) is 20.0. The molecule has 1 atom stereocenters. The maximum absolute atomic E-state index is 13.9. The Bertz CT molecular complexity index is 1230. The molecule has 0 saturated heterocycles. The van der Waals surface area contributed by atoms with E-state index in [1.807, 2.05) is 25.1 Å². The summed E-state index contributed by atoms with van der Waals surface area (Å²) in [5.41, 5.74) is 5.25. The lowest BCUT2D eigenvalue weighted by Gasteiger charge is -2.20. The molecule has 0 unspecified atom stereocenters. The van der Waals surface area contributed by atoms with Crippen LogP contribution >= 0.6 is 0 Å². The number of halogens is 1. The number of nitrogens with zero attached hydrogens (tertiary/aromatic N) is 2. The normalized spacial score (nSPS) is 12.2. The highest BCUT2D eigenvalue weighted by molar-refractivity contribution is 5.40. The minimum Gasteiger partial charge on any atom is -0.301 e. The van der Waals surface area contributed by atoms with E-state index in [0.29, 0.717) is 17.9 Å². The molecule has 0 spiro atoms. The van der Waals surface area contributed by atoms with Gasteiger partial charge in [-0.1, -0.05) is 49.4 Å². The van der Waals surface area contributed by atoms with Crippen LogP contribution in [0.25, 0.3) is 5.65 Å². The van der Waals surface area contributed by atoms with Gasteiger partial charge in [0.15, 0.2) is 0 Å². The summed E-state index contributed by atoms with van der Waals surface area (Å²) in [6.45, 7) is 4.44. The molecule has 0 bridgehead atoms. The van der Waals surface area contributed by atoms with Crippen LogP contribution in [0.5, 0.6) is 0 Å². The summed E-state index contributed by atoms with van der Waals surface area (Å²) in [6.07, 6.45) is 2.75. The van der Waals surface area contributed by atoms with E-state index in [-0.39, 0.29) is 17.4 Å². The minimum absolute atomic E-state index is 0.116. The van der Waals surface area contributed by atoms with E-state index >= 15 is 0 Å². The summed E-state index contributed by atoms with van der Waals surface area (Å²) in [5.74, 6) is -0.276. The molecular weight excluding hydrogens is 377 g/mol. The lowest BCUT2D eigenvalue weighted by molar-refractivity contribution is 0.583. The van der Waals surface area contributed by atoms with Crippen molar-refractivity contribution in [2.45, 2.75) is 32.9 Å². The maximum atomic E-state index is 13.9. The van der Waals surface area contributed by atoms with E-state index in [1.165, 1.54) is 17.7 Å². The van der Waals surface area contributed by atoms with Crippen LogP contribution in [0.15, 0.2) is 77.7 Å². The van der Waals surface area contributed by atoms with Gasteiger partial charge in [-0.2, -0.15) is 0 Å². The first-order valence-corrected chi connectivity index (χ1v) is 10.1. The van der Waals surface area contributed by atoms with Crippen molar-refractivity contribution in [2.75, 3.05) is 0 Å². The third kappa shape index (κ3) is 4.31. The van der Waals surface area contributed by atoms with Crippen molar-refractivity contribution in [1.82, 2.24) is 14.7 Å². The number of rotatable bonds is 6. The molecule has 2 aromatic heterocycles. The summed E-state index contributed by atoms with van der Waals surface area (Å²) >= 11 is 0. The van der Waals surface area contributed by atoms with Crippen molar-refractivity contribution in [3.63, 3.8) is 0 Å². The largest absolute Gasteiger partial charge is 0.301 e. The highest BCUT2D eigenvalue weighted by Crippen LogP contribution is 2.24. The average molecular weight is 401 g/mol. The molecule has 152 valence electrons. The standard InChI is InChI=1S/C25H24FN3O/c1-3-18-8-10-19(11-9-18)25(20-5-4-6-21(26)13-20)27-15-22-14-24(30)29-16-17(2)7-12-23(29)28-22/h4-14,16,25,27H,3,15H2,1-2H3/t25-/m1/s1. The molecule has 2 heterocycles. The molecule has 0 aliphatic carbocycles. The molecule has 4 rings (SSSR count). The van der Waals surface area contributed by atoms with Crippen LogP contribution in [-0.2, 0) is 13.0 Å². The van der Waals surface area contributed by atoms with Gasteiger partial charge >= 0.3 is 0 Å². The van der Waals surface area contributed by atoms with Gasteiger partial charge in [-0.15, -0.1) is 0 Å². The third-order valence-corrected chi connectivity index (χ3v) is 5.25. The molecule has 4 nitrogen and oxygen atoms in total. The third-order valence-electron chi connectivity index (χ3n) is 5.25. The van der Waals surface area contributed by atoms with Crippen LogP contribution in [0, 0.1) is 12.7 Å². The van der Waals surface area contributed by atoms with Gasteiger partial charge in [-0.25, -0.2) is 9.37 Å². The molecule has 0 radical (unpaired) electrons. The van der Waals surface area contributed by atoms with Gasteiger partial charge in [0, 0.05) is 18.8 Å². The Labute approximate surface area is 175 Å². The number of aryl methyl sites for hydroxylation is 2. The quantitative estimate of drug-likeness (QED) is 0.514. The second kappa shape index (κ2) is 8.59. The highest BCUT2D eigenvalue weighted by Gasteiger charge is 2.15. The maximum Gasteiger partial charge on any atom is 0.258 e. The zero-order chi connectivity index (χ0) is 21.1. The van der Waals surface area contributed by atoms with E-state index in [0.717, 1.165) is 23.1 Å². The predicted octanol–water partition coefficient (Wildman–Crippen LogP) is 4.58. The van der Waals surface area contributed by atoms with Crippen LogP contribution < -0.4 is 10.9 Å². The Hall–Kier alpha value is -3.31. The Morgan fingerprint density at radius 3 is 2.57 bits per heavy atom. The molecule has 0 fully saturated rings. The number of fused-ring (bicyclic) bond motifs is 1. The molecule has 0 aliphatic rings. The van der Waals surface area contributed by atoms with Crippen molar-refractivity contribution >= 4 is 5.65 Å². The zero-order valence-corrected chi connectivity index (χ0v) is 17.1. The number of nitrogens with one attached hydrogen (secondary N) is 1. The fraction of sp³-hybridized carbons (Fsp3) is 0.200. The lowest BCUT2D eigenvalue weighted by atomic mass is 9.97. The Kier molecular flexibility index (Phi) is 5.72. The van der Waals surface area contributed by atoms with Gasteiger partial charge < -0.3 is 5.32 Å². The van der Waals surface area contributed by atoms with Crippen molar-refractivity contribution in [3.05, 3.63) is 117 Å². The first-order chi connectivity index (χ1) is 14.5. The van der Waals surface area contributed by atoms with Crippen LogP contribution in [0.3, 0.4) is 0 Å². The van der Waals surface area contributed by atoms with Gasteiger partial charge in [0.2, 0.25) is 0 Å². The second-order valence-electron chi connectivity index (χ2n) is 7.48. The van der Waals surface area contributed by atoms with E-state index in [4.69, 9.17) is 0 Å². The van der Waals surface area contributed by atoms with Crippen molar-refractivity contribution in [2.24, 2.45) is 0 Å². The fourth-order valence-electron chi connectivity index (χ4n) is 3.62. The van der Waals surface area contributed by atoms with Crippen LogP contribution in [0.4, 0.5) is 4.39 Å². The van der Waals surface area contributed by atoms with E-state index in [1.54, 1.807) is 22.7 Å². The Balaban J connectivity index is 1.65.